The largest absolute Gasteiger partial charge is 0.392 e. The monoisotopic (exact) mass is 334 g/mol. The topological polar surface area (TPSA) is 131 Å². The van der Waals surface area contributed by atoms with Crippen LogP contribution in [0.25, 0.3) is 0 Å². The van der Waals surface area contributed by atoms with E-state index in [4.69, 9.17) is 0 Å². The van der Waals surface area contributed by atoms with Crippen LogP contribution in [-0.4, -0.2) is 26.8 Å². The number of aliphatic hydroxyl groups excluding tert-OH is 1. The van der Waals surface area contributed by atoms with E-state index in [-0.39, 0.29) is 16.8 Å². The molecule has 0 radical (unpaired) electrons. The van der Waals surface area contributed by atoms with Gasteiger partial charge in [-0.1, -0.05) is 0 Å². The number of hydrogen-bond acceptors (Lipinski definition) is 7. The normalized spacial score (nSPS) is 27.7. The minimum absolute atomic E-state index is 0.104. The maximum Gasteiger partial charge on any atom is 0.301 e. The van der Waals surface area contributed by atoms with E-state index >= 15 is 0 Å². The molecule has 0 saturated heterocycles. The molecule has 2 atom stereocenters. The van der Waals surface area contributed by atoms with E-state index < -0.39 is 21.6 Å². The summed E-state index contributed by atoms with van der Waals surface area (Å²) in [7, 11) is 0. The van der Waals surface area contributed by atoms with Gasteiger partial charge in [-0.25, -0.2) is 0 Å². The number of nitrogens with zero attached hydrogens (tertiary/aromatic N) is 3. The molecule has 1 aromatic rings. The van der Waals surface area contributed by atoms with Gasteiger partial charge in [-0.3, -0.25) is 25.7 Å². The summed E-state index contributed by atoms with van der Waals surface area (Å²) in [5.74, 6) is 0. The Morgan fingerprint density at radius 1 is 1.21 bits per heavy atom. The van der Waals surface area contributed by atoms with Crippen LogP contribution >= 0.6 is 0 Å². The van der Waals surface area contributed by atoms with Crippen LogP contribution in [0.2, 0.25) is 0 Å². The second-order valence-electron chi connectivity index (χ2n) is 6.30. The number of benzene rings is 1. The van der Waals surface area contributed by atoms with Crippen molar-refractivity contribution in [2.24, 2.45) is 10.5 Å². The Morgan fingerprint density at radius 2 is 1.96 bits per heavy atom. The lowest BCUT2D eigenvalue weighted by Crippen LogP contribution is -2.34. The summed E-state index contributed by atoms with van der Waals surface area (Å²) in [6, 6.07) is 3.40. The van der Waals surface area contributed by atoms with E-state index in [2.05, 4.69) is 10.5 Å². The minimum Gasteiger partial charge on any atom is -0.392 e. The fourth-order valence-electron chi connectivity index (χ4n) is 3.82. The fourth-order valence-corrected chi connectivity index (χ4v) is 3.82. The van der Waals surface area contributed by atoms with Gasteiger partial charge in [0, 0.05) is 17.2 Å². The molecule has 0 unspecified atom stereocenters. The molecule has 9 heteroatoms. The summed E-state index contributed by atoms with van der Waals surface area (Å²) in [5, 5.41) is 36.5. The number of nitro groups is 2. The summed E-state index contributed by atoms with van der Waals surface area (Å²) in [6.45, 7) is 0. The van der Waals surface area contributed by atoms with Crippen LogP contribution in [0.4, 0.5) is 17.1 Å². The Balaban J connectivity index is 1.88. The average molecular weight is 334 g/mol. The quantitative estimate of drug-likeness (QED) is 0.643. The Hall–Kier alpha value is -2.55. The van der Waals surface area contributed by atoms with Gasteiger partial charge in [-0.15, -0.1) is 0 Å². The highest BCUT2D eigenvalue weighted by atomic mass is 16.6. The van der Waals surface area contributed by atoms with Crippen molar-refractivity contribution in [3.05, 3.63) is 38.4 Å². The molecule has 1 aromatic carbocycles. The Kier molecular flexibility index (Phi) is 4.18. The molecule has 0 heterocycles. The van der Waals surface area contributed by atoms with E-state index in [1.54, 1.807) is 0 Å². The molecule has 2 fully saturated rings. The molecule has 0 aliphatic heterocycles. The van der Waals surface area contributed by atoms with Gasteiger partial charge in [-0.05, 0) is 44.6 Å². The third kappa shape index (κ3) is 2.71. The standard InChI is InChI=1S/C15H18N4O5/c20-14-4-2-8-15(14)7-1-3-13(15)17-16-11-6-5-10(18(21)22)9-12(11)19(23)24/h5-6,9,14,16,20H,1-4,7-8H2/b17-13-/t14-,15-/m0/s1. The molecule has 1 spiro atoms. The number of nitrogens with one attached hydrogen (secondary N) is 1. The lowest BCUT2D eigenvalue weighted by molar-refractivity contribution is -0.393. The molecule has 0 bridgehead atoms. The summed E-state index contributed by atoms with van der Waals surface area (Å²) in [6.07, 6.45) is 4.68. The first-order valence-electron chi connectivity index (χ1n) is 7.88. The van der Waals surface area contributed by atoms with Gasteiger partial charge >= 0.3 is 5.69 Å². The lowest BCUT2D eigenvalue weighted by Gasteiger charge is -2.28. The van der Waals surface area contributed by atoms with Crippen molar-refractivity contribution in [2.75, 3.05) is 5.43 Å². The predicted octanol–water partition coefficient (Wildman–Crippen LogP) is 2.99. The first-order valence-corrected chi connectivity index (χ1v) is 7.88. The number of non-ortho nitro benzene ring substituents is 1. The zero-order valence-electron chi connectivity index (χ0n) is 13.0. The maximum atomic E-state index is 11.1. The van der Waals surface area contributed by atoms with Crippen molar-refractivity contribution < 1.29 is 15.0 Å². The third-order valence-electron chi connectivity index (χ3n) is 5.05. The summed E-state index contributed by atoms with van der Waals surface area (Å²) >= 11 is 0. The first-order chi connectivity index (χ1) is 11.4. The summed E-state index contributed by atoms with van der Waals surface area (Å²) in [5.41, 5.74) is 2.57. The van der Waals surface area contributed by atoms with Crippen LogP contribution in [0.3, 0.4) is 0 Å². The lowest BCUT2D eigenvalue weighted by atomic mass is 9.81. The number of aliphatic hydroxyl groups is 1. The Morgan fingerprint density at radius 3 is 2.58 bits per heavy atom. The van der Waals surface area contributed by atoms with Crippen LogP contribution in [0.1, 0.15) is 38.5 Å². The van der Waals surface area contributed by atoms with Gasteiger partial charge in [0.1, 0.15) is 5.69 Å². The first kappa shape index (κ1) is 16.3. The number of anilines is 1. The molecule has 128 valence electrons. The van der Waals surface area contributed by atoms with Gasteiger partial charge in [0.05, 0.1) is 22.0 Å². The molecule has 2 N–H and O–H groups in total. The van der Waals surface area contributed by atoms with Crippen LogP contribution in [0, 0.1) is 25.6 Å². The highest BCUT2D eigenvalue weighted by molar-refractivity contribution is 5.93. The van der Waals surface area contributed by atoms with Crippen LogP contribution in [0.15, 0.2) is 23.3 Å². The summed E-state index contributed by atoms with van der Waals surface area (Å²) < 4.78 is 0. The van der Waals surface area contributed by atoms with Crippen molar-refractivity contribution in [2.45, 2.75) is 44.6 Å². The van der Waals surface area contributed by atoms with Gasteiger partial charge in [0.25, 0.3) is 5.69 Å². The Labute approximate surface area is 137 Å². The van der Waals surface area contributed by atoms with Crippen molar-refractivity contribution in [1.29, 1.82) is 0 Å². The highest BCUT2D eigenvalue weighted by Crippen LogP contribution is 2.49. The molecule has 0 aromatic heterocycles. The summed E-state index contributed by atoms with van der Waals surface area (Å²) in [4.78, 5) is 20.6. The van der Waals surface area contributed by atoms with Gasteiger partial charge in [-0.2, -0.15) is 5.10 Å². The van der Waals surface area contributed by atoms with E-state index in [0.717, 1.165) is 50.3 Å². The van der Waals surface area contributed by atoms with Crippen molar-refractivity contribution in [1.82, 2.24) is 0 Å². The van der Waals surface area contributed by atoms with Gasteiger partial charge in [0.15, 0.2) is 0 Å². The minimum atomic E-state index is -0.677. The SMILES string of the molecule is O=[N+]([O-])c1ccc(N/N=C2/CCC[C@]23CCC[C@@H]3O)c([N+](=O)[O-])c1. The zero-order chi connectivity index (χ0) is 17.3. The van der Waals surface area contributed by atoms with E-state index in [1.165, 1.54) is 12.1 Å². The van der Waals surface area contributed by atoms with E-state index in [0.29, 0.717) is 0 Å². The van der Waals surface area contributed by atoms with Gasteiger partial charge in [0.2, 0.25) is 0 Å². The molecule has 3 rings (SSSR count). The second-order valence-corrected chi connectivity index (χ2v) is 6.30. The predicted molar refractivity (Wildman–Crippen MR) is 87.0 cm³/mol. The maximum absolute atomic E-state index is 11.1. The molecule has 2 saturated carbocycles. The van der Waals surface area contributed by atoms with E-state index in [9.17, 15) is 25.3 Å². The molecule has 24 heavy (non-hydrogen) atoms. The Bertz CT molecular complexity index is 716. The van der Waals surface area contributed by atoms with Crippen molar-refractivity contribution >= 4 is 22.8 Å². The van der Waals surface area contributed by atoms with Crippen LogP contribution in [0.5, 0.6) is 0 Å². The highest BCUT2D eigenvalue weighted by Gasteiger charge is 2.48. The average Bonchev–Trinajstić information content (AvgIpc) is 3.12. The van der Waals surface area contributed by atoms with E-state index in [1.807, 2.05) is 0 Å². The fraction of sp³-hybridized carbons (Fsp3) is 0.533. The smallest absolute Gasteiger partial charge is 0.301 e. The van der Waals surface area contributed by atoms with Gasteiger partial charge < -0.3 is 5.11 Å². The second kappa shape index (κ2) is 6.16. The molecular formula is C15H18N4O5. The number of nitro benzene ring substituents is 2. The molecule has 2 aliphatic rings. The molecule has 0 amide bonds. The molecular weight excluding hydrogens is 316 g/mol. The van der Waals surface area contributed by atoms with Crippen LogP contribution in [-0.2, 0) is 0 Å². The number of hydrazone groups is 1. The molecule has 2 aliphatic carbocycles. The van der Waals surface area contributed by atoms with Crippen LogP contribution < -0.4 is 5.43 Å². The number of rotatable bonds is 4. The zero-order valence-corrected chi connectivity index (χ0v) is 13.0. The molecule has 9 nitrogen and oxygen atoms in total. The van der Waals surface area contributed by atoms with Crippen molar-refractivity contribution in [3.8, 4) is 0 Å². The van der Waals surface area contributed by atoms with Crippen molar-refractivity contribution in [3.63, 3.8) is 0 Å². The number of hydrogen-bond donors (Lipinski definition) is 2. The third-order valence-corrected chi connectivity index (χ3v) is 5.05.